The third-order valence-electron chi connectivity index (χ3n) is 3.50. The Labute approximate surface area is 147 Å². The average molecular weight is 372 g/mol. The van der Waals surface area contributed by atoms with Crippen molar-refractivity contribution < 1.29 is 8.42 Å². The summed E-state index contributed by atoms with van der Waals surface area (Å²) in [6.45, 7) is 6.35. The highest BCUT2D eigenvalue weighted by atomic mass is 35.5. The molecule has 0 atom stereocenters. The molecular formula is C17H19Cl2NO2S. The van der Waals surface area contributed by atoms with Crippen LogP contribution in [0.15, 0.2) is 47.4 Å². The Morgan fingerprint density at radius 3 is 2.13 bits per heavy atom. The molecule has 0 bridgehead atoms. The van der Waals surface area contributed by atoms with Crippen LogP contribution in [-0.4, -0.2) is 8.42 Å². The Hall–Kier alpha value is -1.07. The van der Waals surface area contributed by atoms with Crippen molar-refractivity contribution in [3.05, 3.63) is 63.6 Å². The van der Waals surface area contributed by atoms with E-state index < -0.39 is 10.0 Å². The fourth-order valence-corrected chi connectivity index (χ4v) is 3.54. The second kappa shape index (κ2) is 6.81. The topological polar surface area (TPSA) is 46.2 Å². The highest BCUT2D eigenvalue weighted by Crippen LogP contribution is 2.24. The molecule has 0 aliphatic heterocycles. The van der Waals surface area contributed by atoms with E-state index in [0.717, 1.165) is 5.56 Å². The Kier molecular flexibility index (Phi) is 5.41. The van der Waals surface area contributed by atoms with E-state index in [4.69, 9.17) is 23.2 Å². The first-order valence-electron chi connectivity index (χ1n) is 7.14. The van der Waals surface area contributed by atoms with Gasteiger partial charge < -0.3 is 0 Å². The Morgan fingerprint density at radius 1 is 1.00 bits per heavy atom. The quantitative estimate of drug-likeness (QED) is 0.840. The van der Waals surface area contributed by atoms with Crippen LogP contribution in [0.1, 0.15) is 31.9 Å². The number of benzene rings is 2. The number of halogens is 2. The van der Waals surface area contributed by atoms with Crippen LogP contribution in [0.2, 0.25) is 10.0 Å². The molecule has 2 aromatic rings. The lowest BCUT2D eigenvalue weighted by Crippen LogP contribution is -2.23. The molecule has 0 saturated carbocycles. The Morgan fingerprint density at radius 2 is 1.61 bits per heavy atom. The maximum Gasteiger partial charge on any atom is 0.240 e. The smallest absolute Gasteiger partial charge is 0.207 e. The van der Waals surface area contributed by atoms with Gasteiger partial charge in [-0.2, -0.15) is 0 Å². The summed E-state index contributed by atoms with van der Waals surface area (Å²) in [7, 11) is -3.59. The van der Waals surface area contributed by atoms with Crippen LogP contribution in [0, 0.1) is 0 Å². The van der Waals surface area contributed by atoms with Gasteiger partial charge in [0.1, 0.15) is 0 Å². The van der Waals surface area contributed by atoms with E-state index >= 15 is 0 Å². The largest absolute Gasteiger partial charge is 0.240 e. The summed E-state index contributed by atoms with van der Waals surface area (Å²) in [6, 6.07) is 11.9. The molecule has 0 heterocycles. The minimum Gasteiger partial charge on any atom is -0.207 e. The maximum atomic E-state index is 12.4. The van der Waals surface area contributed by atoms with Crippen molar-refractivity contribution in [3.8, 4) is 0 Å². The summed E-state index contributed by atoms with van der Waals surface area (Å²) in [5, 5.41) is 0.947. The normalized spacial score (nSPS) is 12.4. The van der Waals surface area contributed by atoms with Gasteiger partial charge in [0.25, 0.3) is 0 Å². The van der Waals surface area contributed by atoms with Gasteiger partial charge in [0, 0.05) is 16.6 Å². The molecule has 0 amide bonds. The molecule has 2 aromatic carbocycles. The van der Waals surface area contributed by atoms with Crippen LogP contribution in [-0.2, 0) is 22.0 Å². The highest BCUT2D eigenvalue weighted by Gasteiger charge is 2.17. The summed E-state index contributed by atoms with van der Waals surface area (Å²) < 4.78 is 27.3. The van der Waals surface area contributed by atoms with Crippen LogP contribution in [0.5, 0.6) is 0 Å². The SMILES string of the molecule is CC(C)(C)c1ccc(S(=O)(=O)NCc2ccc(Cl)cc2Cl)cc1. The standard InChI is InChI=1S/C17H19Cl2NO2S/c1-17(2,3)13-5-8-15(9-6-13)23(21,22)20-11-12-4-7-14(18)10-16(12)19/h4-10,20H,11H2,1-3H3. The molecule has 0 spiro atoms. The molecule has 0 fully saturated rings. The van der Waals surface area contributed by atoms with Gasteiger partial charge in [-0.3, -0.25) is 0 Å². The summed E-state index contributed by atoms with van der Waals surface area (Å²) in [4.78, 5) is 0.232. The third kappa shape index (κ3) is 4.70. The monoisotopic (exact) mass is 371 g/mol. The van der Waals surface area contributed by atoms with Crippen molar-refractivity contribution in [1.82, 2.24) is 4.72 Å². The molecule has 6 heteroatoms. The van der Waals surface area contributed by atoms with E-state index in [-0.39, 0.29) is 16.9 Å². The number of hydrogen-bond acceptors (Lipinski definition) is 2. The fourth-order valence-electron chi connectivity index (χ4n) is 2.06. The molecule has 0 aromatic heterocycles. The van der Waals surface area contributed by atoms with Crippen molar-refractivity contribution in [2.75, 3.05) is 0 Å². The molecule has 23 heavy (non-hydrogen) atoms. The van der Waals surface area contributed by atoms with Crippen molar-refractivity contribution >= 4 is 33.2 Å². The predicted octanol–water partition coefficient (Wildman–Crippen LogP) is 4.77. The molecule has 1 N–H and O–H groups in total. The van der Waals surface area contributed by atoms with Crippen LogP contribution in [0.4, 0.5) is 0 Å². The lowest BCUT2D eigenvalue weighted by atomic mass is 9.87. The third-order valence-corrected chi connectivity index (χ3v) is 5.50. The number of sulfonamides is 1. The molecule has 2 rings (SSSR count). The highest BCUT2D eigenvalue weighted by molar-refractivity contribution is 7.89. The van der Waals surface area contributed by atoms with E-state index in [1.807, 2.05) is 12.1 Å². The summed E-state index contributed by atoms with van der Waals surface area (Å²) in [6.07, 6.45) is 0. The zero-order chi connectivity index (χ0) is 17.3. The summed E-state index contributed by atoms with van der Waals surface area (Å²) in [5.74, 6) is 0. The zero-order valence-electron chi connectivity index (χ0n) is 13.2. The molecule has 0 radical (unpaired) electrons. The molecule has 0 aliphatic carbocycles. The van der Waals surface area contributed by atoms with Gasteiger partial charge in [-0.25, -0.2) is 13.1 Å². The minimum atomic E-state index is -3.59. The van der Waals surface area contributed by atoms with Crippen LogP contribution < -0.4 is 4.72 Å². The molecule has 3 nitrogen and oxygen atoms in total. The van der Waals surface area contributed by atoms with Crippen LogP contribution in [0.25, 0.3) is 0 Å². The van der Waals surface area contributed by atoms with Gasteiger partial charge in [0.05, 0.1) is 4.90 Å². The Balaban J connectivity index is 2.15. The first kappa shape index (κ1) is 18.3. The van der Waals surface area contributed by atoms with Gasteiger partial charge in [-0.1, -0.05) is 62.2 Å². The summed E-state index contributed by atoms with van der Waals surface area (Å²) in [5.41, 5.74) is 1.73. The lowest BCUT2D eigenvalue weighted by molar-refractivity contribution is 0.578. The second-order valence-electron chi connectivity index (χ2n) is 6.33. The van der Waals surface area contributed by atoms with Crippen molar-refractivity contribution in [1.29, 1.82) is 0 Å². The minimum absolute atomic E-state index is 0.0213. The molecular weight excluding hydrogens is 353 g/mol. The van der Waals surface area contributed by atoms with E-state index in [2.05, 4.69) is 25.5 Å². The zero-order valence-corrected chi connectivity index (χ0v) is 15.6. The van der Waals surface area contributed by atoms with Crippen LogP contribution in [0.3, 0.4) is 0 Å². The molecule has 0 aliphatic rings. The van der Waals surface area contributed by atoms with Crippen molar-refractivity contribution in [2.45, 2.75) is 37.6 Å². The van der Waals surface area contributed by atoms with Gasteiger partial charge >= 0.3 is 0 Å². The van der Waals surface area contributed by atoms with E-state index in [9.17, 15) is 8.42 Å². The van der Waals surface area contributed by atoms with Crippen molar-refractivity contribution in [3.63, 3.8) is 0 Å². The predicted molar refractivity (Wildman–Crippen MR) is 95.6 cm³/mol. The van der Waals surface area contributed by atoms with Gasteiger partial charge in [0.15, 0.2) is 0 Å². The van der Waals surface area contributed by atoms with Crippen LogP contribution >= 0.6 is 23.2 Å². The summed E-state index contributed by atoms with van der Waals surface area (Å²) >= 11 is 11.9. The first-order valence-corrected chi connectivity index (χ1v) is 9.38. The van der Waals surface area contributed by atoms with Gasteiger partial charge in [0.2, 0.25) is 10.0 Å². The fraction of sp³-hybridized carbons (Fsp3) is 0.294. The Bertz CT molecular complexity index is 794. The van der Waals surface area contributed by atoms with E-state index in [1.165, 1.54) is 0 Å². The molecule has 124 valence electrons. The van der Waals surface area contributed by atoms with E-state index in [1.54, 1.807) is 30.3 Å². The second-order valence-corrected chi connectivity index (χ2v) is 8.95. The molecule has 0 unspecified atom stereocenters. The first-order chi connectivity index (χ1) is 10.6. The van der Waals surface area contributed by atoms with E-state index in [0.29, 0.717) is 15.6 Å². The number of nitrogens with one attached hydrogen (secondary N) is 1. The molecule has 0 saturated heterocycles. The number of rotatable bonds is 4. The van der Waals surface area contributed by atoms with Gasteiger partial charge in [-0.05, 0) is 40.8 Å². The maximum absolute atomic E-state index is 12.4. The average Bonchev–Trinajstić information content (AvgIpc) is 2.45. The van der Waals surface area contributed by atoms with Gasteiger partial charge in [-0.15, -0.1) is 0 Å². The lowest BCUT2D eigenvalue weighted by Gasteiger charge is -2.19. The number of hydrogen-bond donors (Lipinski definition) is 1. The van der Waals surface area contributed by atoms with Crippen molar-refractivity contribution in [2.24, 2.45) is 0 Å².